The van der Waals surface area contributed by atoms with Crippen LogP contribution in [0.2, 0.25) is 0 Å². The van der Waals surface area contributed by atoms with Gasteiger partial charge in [0, 0.05) is 12.6 Å². The van der Waals surface area contributed by atoms with Gasteiger partial charge >= 0.3 is 11.9 Å². The van der Waals surface area contributed by atoms with Crippen molar-refractivity contribution in [2.75, 3.05) is 18.2 Å². The van der Waals surface area contributed by atoms with Crippen LogP contribution in [-0.4, -0.2) is 49.6 Å². The maximum absolute atomic E-state index is 13.4. The first-order valence-corrected chi connectivity index (χ1v) is 12.7. The van der Waals surface area contributed by atoms with Gasteiger partial charge in [-0.25, -0.2) is 19.0 Å². The van der Waals surface area contributed by atoms with E-state index in [2.05, 4.69) is 30.4 Å². The van der Waals surface area contributed by atoms with Gasteiger partial charge in [0.2, 0.25) is 0 Å². The Morgan fingerprint density at radius 3 is 2.38 bits per heavy atom. The van der Waals surface area contributed by atoms with Crippen LogP contribution in [0.1, 0.15) is 55.4 Å². The highest BCUT2D eigenvalue weighted by atomic mass is 35.5. The van der Waals surface area contributed by atoms with E-state index in [0.717, 1.165) is 22.5 Å². The number of carboxylic acid groups (broad SMARTS) is 1. The lowest BCUT2D eigenvalue weighted by atomic mass is 10.1. The molecule has 7 N–H and O–H groups in total. The zero-order valence-corrected chi connectivity index (χ0v) is 24.4. The van der Waals surface area contributed by atoms with Crippen molar-refractivity contribution < 1.29 is 28.6 Å². The SMILES string of the molecule is COC(=O)c1ccc([C@@H](C)NC(=O)c2cc(C(=O)O)n3ncnc3n2)cc1.Cl.NCc1ccc(F)c(Nc2c(N)c(=O)c2=O)c1. The van der Waals surface area contributed by atoms with Crippen molar-refractivity contribution >= 4 is 53.1 Å². The first kappa shape index (κ1) is 33.8. The molecule has 234 valence electrons. The quantitative estimate of drug-likeness (QED) is 0.120. The summed E-state index contributed by atoms with van der Waals surface area (Å²) in [6.07, 6.45) is 1.15. The molecule has 0 saturated heterocycles. The number of nitrogens with two attached hydrogens (primary N) is 2. The summed E-state index contributed by atoms with van der Waals surface area (Å²) in [5.41, 5.74) is 10.6. The zero-order chi connectivity index (χ0) is 32.1. The first-order chi connectivity index (χ1) is 20.9. The summed E-state index contributed by atoms with van der Waals surface area (Å²) in [5, 5.41) is 18.3. The molecule has 3 aromatic carbocycles. The number of esters is 1. The molecule has 1 atom stereocenters. The Balaban J connectivity index is 0.000000265. The van der Waals surface area contributed by atoms with Gasteiger partial charge in [-0.2, -0.15) is 14.6 Å². The van der Waals surface area contributed by atoms with Crippen LogP contribution in [0.5, 0.6) is 0 Å². The van der Waals surface area contributed by atoms with E-state index in [1.54, 1.807) is 31.2 Å². The Kier molecular flexibility index (Phi) is 10.6. The molecule has 0 aliphatic carbocycles. The van der Waals surface area contributed by atoms with Gasteiger partial charge in [-0.1, -0.05) is 18.2 Å². The number of methoxy groups -OCH3 is 1. The molecule has 0 unspecified atom stereocenters. The molecule has 0 aliphatic heterocycles. The number of halogens is 2. The number of carbonyl (C=O) groups excluding carboxylic acids is 2. The molecule has 2 aromatic heterocycles. The summed E-state index contributed by atoms with van der Waals surface area (Å²) in [7, 11) is 1.30. The van der Waals surface area contributed by atoms with E-state index >= 15 is 0 Å². The van der Waals surface area contributed by atoms with Crippen molar-refractivity contribution in [3.05, 3.63) is 109 Å². The van der Waals surface area contributed by atoms with E-state index in [-0.39, 0.29) is 53.2 Å². The van der Waals surface area contributed by atoms with Crippen LogP contribution in [0.3, 0.4) is 0 Å². The smallest absolute Gasteiger partial charge is 0.354 e. The van der Waals surface area contributed by atoms with Crippen molar-refractivity contribution in [1.29, 1.82) is 0 Å². The highest BCUT2D eigenvalue weighted by molar-refractivity contribution is 5.96. The Labute approximate surface area is 259 Å². The van der Waals surface area contributed by atoms with E-state index in [0.29, 0.717) is 11.1 Å². The van der Waals surface area contributed by atoms with Crippen molar-refractivity contribution in [3.63, 3.8) is 0 Å². The molecular formula is C28H26ClFN8O7. The molecule has 45 heavy (non-hydrogen) atoms. The third kappa shape index (κ3) is 7.26. The fourth-order valence-corrected chi connectivity index (χ4v) is 3.92. The maximum atomic E-state index is 13.4. The normalized spacial score (nSPS) is 11.1. The topological polar surface area (TPSA) is 234 Å². The monoisotopic (exact) mass is 640 g/mol. The van der Waals surface area contributed by atoms with Gasteiger partial charge in [0.25, 0.3) is 22.5 Å². The number of carboxylic acids is 1. The van der Waals surface area contributed by atoms with Gasteiger partial charge in [0.15, 0.2) is 5.69 Å². The average Bonchev–Trinajstić information content (AvgIpc) is 3.52. The number of aromatic nitrogens is 4. The number of nitrogen functional groups attached to an aromatic ring is 1. The summed E-state index contributed by atoms with van der Waals surface area (Å²) in [5.74, 6) is -2.81. The van der Waals surface area contributed by atoms with Crippen molar-refractivity contribution in [2.45, 2.75) is 19.5 Å². The standard InChI is InChI=1S/C17H15N5O5.C11H10FN3O2.ClH/c1-9(10-3-5-11(6-4-10)16(26)27-2)20-14(23)12-7-13(15(24)25)22-17(21-12)18-8-19-22;12-6-2-1-5(4-13)3-7(6)15-9-8(14)10(16)11(9)17;/h3-9H,1-2H3,(H,20,23)(H,24,25);1-3,15H,4,13-14H2;1H/t9-;;/m1../s1. The Morgan fingerprint density at radius 2 is 1.78 bits per heavy atom. The molecule has 0 saturated carbocycles. The molecule has 0 radical (unpaired) electrons. The molecule has 5 rings (SSSR count). The second kappa shape index (κ2) is 14.2. The van der Waals surface area contributed by atoms with Gasteiger partial charge in [-0.15, -0.1) is 12.4 Å². The summed E-state index contributed by atoms with van der Waals surface area (Å²) < 4.78 is 19.1. The lowest BCUT2D eigenvalue weighted by molar-refractivity contribution is 0.0599. The number of carbonyl (C=O) groups is 3. The van der Waals surface area contributed by atoms with E-state index in [1.807, 2.05) is 0 Å². The van der Waals surface area contributed by atoms with Crippen LogP contribution in [0, 0.1) is 5.82 Å². The van der Waals surface area contributed by atoms with Gasteiger partial charge in [0.1, 0.15) is 29.2 Å². The number of benzene rings is 2. The van der Waals surface area contributed by atoms with Crippen LogP contribution < -0.4 is 33.0 Å². The summed E-state index contributed by atoms with van der Waals surface area (Å²) >= 11 is 0. The summed E-state index contributed by atoms with van der Waals surface area (Å²) in [4.78, 5) is 65.2. The number of ether oxygens (including phenoxy) is 1. The number of nitrogens with zero attached hydrogens (tertiary/aromatic N) is 4. The summed E-state index contributed by atoms with van der Waals surface area (Å²) in [6.45, 7) is 2.00. The number of aromatic carboxylic acids is 1. The molecule has 0 spiro atoms. The van der Waals surface area contributed by atoms with Crippen LogP contribution in [0.4, 0.5) is 21.5 Å². The maximum Gasteiger partial charge on any atom is 0.354 e. The third-order valence-corrected chi connectivity index (χ3v) is 6.36. The molecular weight excluding hydrogens is 615 g/mol. The number of nitrogens with one attached hydrogen (secondary N) is 2. The molecule has 0 aliphatic rings. The van der Waals surface area contributed by atoms with Crippen LogP contribution >= 0.6 is 12.4 Å². The van der Waals surface area contributed by atoms with E-state index in [1.165, 1.54) is 25.3 Å². The van der Waals surface area contributed by atoms with Crippen LogP contribution in [0.15, 0.2) is 64.4 Å². The largest absolute Gasteiger partial charge is 0.477 e. The van der Waals surface area contributed by atoms with Crippen molar-refractivity contribution in [1.82, 2.24) is 24.9 Å². The second-order valence-electron chi connectivity index (χ2n) is 9.20. The summed E-state index contributed by atoms with van der Waals surface area (Å²) in [6, 6.07) is 11.5. The van der Waals surface area contributed by atoms with Crippen molar-refractivity contribution in [3.8, 4) is 0 Å². The first-order valence-electron chi connectivity index (χ1n) is 12.7. The lowest BCUT2D eigenvalue weighted by Gasteiger charge is -2.14. The minimum Gasteiger partial charge on any atom is -0.477 e. The minimum absolute atomic E-state index is 0. The highest BCUT2D eigenvalue weighted by Gasteiger charge is 2.20. The fourth-order valence-electron chi connectivity index (χ4n) is 3.92. The van der Waals surface area contributed by atoms with Crippen LogP contribution in [0.25, 0.3) is 5.78 Å². The van der Waals surface area contributed by atoms with E-state index in [4.69, 9.17) is 11.5 Å². The van der Waals surface area contributed by atoms with Gasteiger partial charge in [-0.05, 0) is 42.3 Å². The predicted octanol–water partition coefficient (Wildman–Crippen LogP) is 1.73. The van der Waals surface area contributed by atoms with E-state index in [9.17, 15) is 33.5 Å². The number of fused-ring (bicyclic) bond motifs is 1. The number of rotatable bonds is 8. The Hall–Kier alpha value is -5.74. The number of hydrogen-bond acceptors (Lipinski definition) is 12. The molecule has 0 bridgehead atoms. The third-order valence-electron chi connectivity index (χ3n) is 6.36. The second-order valence-corrected chi connectivity index (χ2v) is 9.20. The van der Waals surface area contributed by atoms with Gasteiger partial charge in [-0.3, -0.25) is 14.4 Å². The highest BCUT2D eigenvalue weighted by Crippen LogP contribution is 2.22. The predicted molar refractivity (Wildman–Crippen MR) is 162 cm³/mol. The van der Waals surface area contributed by atoms with E-state index < -0.39 is 40.6 Å². The lowest BCUT2D eigenvalue weighted by Crippen LogP contribution is -2.36. The van der Waals surface area contributed by atoms with Gasteiger partial charge in [0.05, 0.1) is 24.4 Å². The van der Waals surface area contributed by atoms with Gasteiger partial charge < -0.3 is 31.9 Å². The molecule has 5 aromatic rings. The molecule has 15 nitrogen and oxygen atoms in total. The average molecular weight is 641 g/mol. The Morgan fingerprint density at radius 1 is 1.09 bits per heavy atom. The molecule has 2 heterocycles. The molecule has 17 heteroatoms. The molecule has 0 fully saturated rings. The molecule has 1 amide bonds. The number of amides is 1. The number of anilines is 3. The van der Waals surface area contributed by atoms with Crippen LogP contribution in [-0.2, 0) is 11.3 Å². The fraction of sp³-hybridized carbons (Fsp3) is 0.143. The number of hydrogen-bond donors (Lipinski definition) is 5. The van der Waals surface area contributed by atoms with Crippen molar-refractivity contribution in [2.24, 2.45) is 5.73 Å². The Bertz CT molecular complexity index is 1960. The minimum atomic E-state index is -1.26. The zero-order valence-electron chi connectivity index (χ0n) is 23.6.